The standard InChI is InChI=1S/C36H36F3N5O2/c1-5-24-28(38)10-9-21-14-23(45)15-26(29(21)24)31-20(2)32-27(17-40-31)34(44-12-7-6-8-25-30(39)33(25)44)42-35(41-32)46-19-36(3)18-43(4)13-11-22(36)16-37/h1,9-10,14-17,25,30,33,45H,6-8,11-13,18-19H2,2-4H3/b22-16+/t25-,30-,33-,36-/m0/s1/i4D3,19D2. The Kier molecular flexibility index (Phi) is 6.18. The number of anilines is 1. The van der Waals surface area contributed by atoms with Gasteiger partial charge in [-0.1, -0.05) is 25.3 Å². The van der Waals surface area contributed by atoms with E-state index in [0.29, 0.717) is 52.3 Å². The number of phenols is 1. The molecule has 2 aromatic heterocycles. The molecule has 7 nitrogen and oxygen atoms in total. The minimum Gasteiger partial charge on any atom is -0.508 e. The monoisotopic (exact) mass is 632 g/mol. The summed E-state index contributed by atoms with van der Waals surface area (Å²) in [6, 6.07) is 4.71. The van der Waals surface area contributed by atoms with Gasteiger partial charge in [0.25, 0.3) is 0 Å². The second-order valence-corrected chi connectivity index (χ2v) is 12.6. The van der Waals surface area contributed by atoms with Gasteiger partial charge in [-0.2, -0.15) is 9.97 Å². The molecule has 0 spiro atoms. The predicted molar refractivity (Wildman–Crippen MR) is 173 cm³/mol. The molecule has 46 heavy (non-hydrogen) atoms. The van der Waals surface area contributed by atoms with Gasteiger partial charge in [-0.25, -0.2) is 13.2 Å². The minimum atomic E-state index is -2.73. The fraction of sp³-hybridized carbons (Fsp3) is 0.417. The number of rotatable bonds is 5. The van der Waals surface area contributed by atoms with Gasteiger partial charge < -0.3 is 19.6 Å². The smallest absolute Gasteiger partial charge is 0.318 e. The van der Waals surface area contributed by atoms with Crippen LogP contribution in [0.4, 0.5) is 19.0 Å². The molecular weight excluding hydrogens is 591 g/mol. The first kappa shape index (κ1) is 24.8. The number of phenolic OH excluding ortho intramolecular Hbond substituents is 1. The number of pyridine rings is 1. The van der Waals surface area contributed by atoms with E-state index >= 15 is 4.39 Å². The second kappa shape index (κ2) is 11.5. The number of fused-ring (bicyclic) bond motifs is 3. The topological polar surface area (TPSA) is 74.6 Å². The van der Waals surface area contributed by atoms with Crippen molar-refractivity contribution >= 4 is 27.5 Å². The van der Waals surface area contributed by atoms with Gasteiger partial charge in [0.15, 0.2) is 0 Å². The van der Waals surface area contributed by atoms with Crippen LogP contribution in [-0.2, 0) is 0 Å². The minimum absolute atomic E-state index is 0.000439. The van der Waals surface area contributed by atoms with Gasteiger partial charge in [0.1, 0.15) is 30.1 Å². The maximum atomic E-state index is 15.2. The molecule has 3 fully saturated rings. The lowest BCUT2D eigenvalue weighted by Gasteiger charge is -2.40. The fourth-order valence-electron chi connectivity index (χ4n) is 7.10. The van der Waals surface area contributed by atoms with Crippen LogP contribution in [0.3, 0.4) is 0 Å². The number of ether oxygens (including phenoxy) is 1. The number of terminal acetylenes is 1. The molecule has 3 aliphatic rings. The average Bonchev–Trinajstić information content (AvgIpc) is 3.77. The summed E-state index contributed by atoms with van der Waals surface area (Å²) >= 11 is 0. The first-order chi connectivity index (χ1) is 24.1. The van der Waals surface area contributed by atoms with Crippen molar-refractivity contribution in [2.24, 2.45) is 11.3 Å². The molecule has 4 heterocycles. The molecule has 1 aliphatic carbocycles. The molecule has 1 N–H and O–H groups in total. The van der Waals surface area contributed by atoms with Crippen LogP contribution in [0, 0.1) is 36.4 Å². The lowest BCUT2D eigenvalue weighted by atomic mass is 9.78. The van der Waals surface area contributed by atoms with Crippen LogP contribution in [-0.4, -0.2) is 70.3 Å². The normalized spacial score (nSPS) is 28.0. The van der Waals surface area contributed by atoms with Crippen molar-refractivity contribution in [3.63, 3.8) is 0 Å². The SMILES string of the molecule is [2H]C([2H])([2H])N1CC/C(=C\F)[C@](C)(C([2H])([2H])Oc2nc(N3CCCC[C@H]4[C@H](F)[C@H]43)c3cnc(-c4cc(O)cc5ccc(F)c(C#C)c45)c(C)c3n2)C1. The molecule has 2 saturated heterocycles. The van der Waals surface area contributed by atoms with E-state index < -0.39 is 43.0 Å². The number of aromatic nitrogens is 3. The van der Waals surface area contributed by atoms with E-state index in [-0.39, 0.29) is 53.6 Å². The van der Waals surface area contributed by atoms with Gasteiger partial charge in [-0.05, 0) is 62.3 Å². The summed E-state index contributed by atoms with van der Waals surface area (Å²) in [4.78, 5) is 17.0. The predicted octanol–water partition coefficient (Wildman–Crippen LogP) is 6.88. The molecule has 1 saturated carbocycles. The number of alkyl halides is 1. The van der Waals surface area contributed by atoms with E-state index in [9.17, 15) is 13.9 Å². The Morgan fingerprint density at radius 1 is 1.28 bits per heavy atom. The zero-order valence-corrected chi connectivity index (χ0v) is 25.4. The van der Waals surface area contributed by atoms with E-state index in [1.54, 1.807) is 6.92 Å². The molecule has 4 aromatic rings. The van der Waals surface area contributed by atoms with Gasteiger partial charge in [0.05, 0.1) is 37.3 Å². The van der Waals surface area contributed by atoms with Crippen molar-refractivity contribution in [3.05, 3.63) is 59.3 Å². The molecule has 2 aromatic carbocycles. The van der Waals surface area contributed by atoms with Crippen molar-refractivity contribution < 1.29 is 29.9 Å². The van der Waals surface area contributed by atoms with Crippen LogP contribution in [0.2, 0.25) is 0 Å². The highest BCUT2D eigenvalue weighted by molar-refractivity contribution is 6.04. The Morgan fingerprint density at radius 2 is 2.13 bits per heavy atom. The number of hydrogen-bond donors (Lipinski definition) is 1. The summed E-state index contributed by atoms with van der Waals surface area (Å²) in [6.07, 6.45) is 8.71. The van der Waals surface area contributed by atoms with Crippen molar-refractivity contribution in [2.75, 3.05) is 38.1 Å². The molecule has 7 rings (SSSR count). The number of piperidine rings is 1. The molecule has 10 heteroatoms. The number of benzene rings is 2. The zero-order valence-electron chi connectivity index (χ0n) is 30.4. The third kappa shape index (κ3) is 5.01. The van der Waals surface area contributed by atoms with Crippen molar-refractivity contribution in [3.8, 4) is 35.4 Å². The number of likely N-dealkylation sites (tertiary alicyclic amines) is 1. The van der Waals surface area contributed by atoms with Gasteiger partial charge in [-0.3, -0.25) is 4.98 Å². The van der Waals surface area contributed by atoms with Crippen LogP contribution in [0.25, 0.3) is 32.9 Å². The van der Waals surface area contributed by atoms with Crippen molar-refractivity contribution in [1.29, 1.82) is 0 Å². The average molecular weight is 633 g/mol. The summed E-state index contributed by atoms with van der Waals surface area (Å²) in [6.45, 7) is -2.10. The van der Waals surface area contributed by atoms with Gasteiger partial charge in [0, 0.05) is 57.8 Å². The molecule has 0 radical (unpaired) electrons. The van der Waals surface area contributed by atoms with E-state index in [0.717, 1.165) is 17.7 Å². The lowest BCUT2D eigenvalue weighted by molar-refractivity contribution is 0.109. The first-order valence-corrected chi connectivity index (χ1v) is 15.3. The van der Waals surface area contributed by atoms with Crippen molar-refractivity contribution in [1.82, 2.24) is 19.9 Å². The Balaban J connectivity index is 1.42. The molecule has 2 aliphatic heterocycles. The number of nitrogens with zero attached hydrogens (tertiary/aromatic N) is 5. The van der Waals surface area contributed by atoms with Crippen LogP contribution in [0.5, 0.6) is 11.8 Å². The largest absolute Gasteiger partial charge is 0.508 e. The molecule has 238 valence electrons. The lowest BCUT2D eigenvalue weighted by Crippen LogP contribution is -2.44. The molecule has 0 amide bonds. The Morgan fingerprint density at radius 3 is 2.91 bits per heavy atom. The zero-order chi connectivity index (χ0) is 36.6. The van der Waals surface area contributed by atoms with Gasteiger partial charge >= 0.3 is 6.01 Å². The van der Waals surface area contributed by atoms with Crippen LogP contribution in [0.15, 0.2) is 42.4 Å². The third-order valence-corrected chi connectivity index (χ3v) is 9.61. The Bertz CT molecular complexity index is 2140. The maximum Gasteiger partial charge on any atom is 0.318 e. The number of halogens is 3. The summed E-state index contributed by atoms with van der Waals surface area (Å²) < 4.78 is 92.4. The van der Waals surface area contributed by atoms with Crippen LogP contribution >= 0.6 is 0 Å². The number of hydrogen-bond acceptors (Lipinski definition) is 7. The van der Waals surface area contributed by atoms with E-state index in [1.807, 2.05) is 4.90 Å². The first-order valence-electron chi connectivity index (χ1n) is 17.8. The van der Waals surface area contributed by atoms with E-state index in [1.165, 1.54) is 37.4 Å². The summed E-state index contributed by atoms with van der Waals surface area (Å²) in [5.74, 6) is 1.74. The van der Waals surface area contributed by atoms with E-state index in [4.69, 9.17) is 23.0 Å². The molecular formula is C36H36F3N5O2. The quantitative estimate of drug-likeness (QED) is 0.241. The Hall–Kier alpha value is -4.36. The third-order valence-electron chi connectivity index (χ3n) is 9.61. The van der Waals surface area contributed by atoms with E-state index in [2.05, 4.69) is 15.9 Å². The summed E-state index contributed by atoms with van der Waals surface area (Å²) in [7, 11) is 0. The van der Waals surface area contributed by atoms with Crippen molar-refractivity contribution in [2.45, 2.75) is 51.7 Å². The van der Waals surface area contributed by atoms with Gasteiger partial charge in [0.2, 0.25) is 0 Å². The van der Waals surface area contributed by atoms with Crippen LogP contribution < -0.4 is 9.64 Å². The second-order valence-electron chi connectivity index (χ2n) is 12.6. The Labute approximate surface area is 273 Å². The summed E-state index contributed by atoms with van der Waals surface area (Å²) in [5.41, 5.74) is -0.432. The molecule has 0 bridgehead atoms. The van der Waals surface area contributed by atoms with Crippen LogP contribution in [0.1, 0.15) is 50.6 Å². The highest BCUT2D eigenvalue weighted by Crippen LogP contribution is 2.48. The summed E-state index contributed by atoms with van der Waals surface area (Å²) in [5, 5.41) is 11.9. The fourth-order valence-corrected chi connectivity index (χ4v) is 7.10. The molecule has 4 atom stereocenters. The number of aromatic hydroxyl groups is 1. The maximum absolute atomic E-state index is 15.2. The number of aryl methyl sites for hydroxylation is 1. The van der Waals surface area contributed by atoms with Gasteiger partial charge in [-0.15, -0.1) is 6.42 Å². The highest BCUT2D eigenvalue weighted by atomic mass is 19.1. The highest BCUT2D eigenvalue weighted by Gasteiger charge is 2.55. The molecule has 0 unspecified atom stereocenters.